The molecular weight excluding hydrogens is 356 g/mol. The van der Waals surface area contributed by atoms with Crippen molar-refractivity contribution in [2.45, 2.75) is 5.92 Å². The second-order valence-electron chi connectivity index (χ2n) is 5.49. The van der Waals surface area contributed by atoms with Crippen LogP contribution in [-0.2, 0) is 15.5 Å². The number of alkyl halides is 2. The maximum Gasteiger partial charge on any atom is 0.351 e. The van der Waals surface area contributed by atoms with Gasteiger partial charge in [-0.1, -0.05) is 18.2 Å². The predicted molar refractivity (Wildman–Crippen MR) is 81.4 cm³/mol. The van der Waals surface area contributed by atoms with Crippen molar-refractivity contribution in [3.63, 3.8) is 0 Å². The lowest BCUT2D eigenvalue weighted by molar-refractivity contribution is -0.158. The summed E-state index contributed by atoms with van der Waals surface area (Å²) in [5, 5.41) is 1.95. The average Bonchev–Trinajstić information content (AvgIpc) is 2.60. The molecule has 26 heavy (non-hydrogen) atoms. The molecule has 0 atom stereocenters. The van der Waals surface area contributed by atoms with Crippen molar-refractivity contribution in [1.29, 1.82) is 0 Å². The van der Waals surface area contributed by atoms with Crippen LogP contribution in [0.1, 0.15) is 15.9 Å². The summed E-state index contributed by atoms with van der Waals surface area (Å²) in [5.41, 5.74) is -1.70. The van der Waals surface area contributed by atoms with Crippen LogP contribution in [-0.4, -0.2) is 29.2 Å². The minimum Gasteiger partial charge on any atom is -0.322 e. The summed E-state index contributed by atoms with van der Waals surface area (Å²) in [7, 11) is 0. The Labute approximate surface area is 144 Å². The molecule has 1 N–H and O–H groups in total. The Bertz CT molecular complexity index is 930. The summed E-state index contributed by atoms with van der Waals surface area (Å²) in [5.74, 6) is -9.87. The van der Waals surface area contributed by atoms with Gasteiger partial charge in [-0.15, -0.1) is 0 Å². The number of rotatable bonds is 3. The van der Waals surface area contributed by atoms with Crippen molar-refractivity contribution in [3.05, 3.63) is 65.2 Å². The number of benzene rings is 2. The van der Waals surface area contributed by atoms with Gasteiger partial charge in [-0.05, 0) is 18.2 Å². The molecule has 2 aromatic carbocycles. The van der Waals surface area contributed by atoms with Crippen LogP contribution < -0.4 is 5.32 Å². The van der Waals surface area contributed by atoms with Crippen LogP contribution in [0, 0.1) is 11.6 Å². The van der Waals surface area contributed by atoms with E-state index < -0.39 is 58.6 Å². The van der Waals surface area contributed by atoms with Gasteiger partial charge in [0, 0.05) is 17.2 Å². The van der Waals surface area contributed by atoms with E-state index in [1.54, 1.807) is 0 Å². The molecule has 3 rings (SSSR count). The van der Waals surface area contributed by atoms with Crippen molar-refractivity contribution < 1.29 is 31.9 Å². The second kappa shape index (κ2) is 6.25. The fourth-order valence-electron chi connectivity index (χ4n) is 2.54. The Morgan fingerprint density at radius 1 is 1.08 bits per heavy atom. The van der Waals surface area contributed by atoms with Crippen LogP contribution >= 0.6 is 0 Å². The summed E-state index contributed by atoms with van der Waals surface area (Å²) in [6.45, 7) is -1.07. The van der Waals surface area contributed by atoms with E-state index in [2.05, 4.69) is 0 Å². The monoisotopic (exact) mass is 366 g/mol. The standard InChI is InChI=1S/C17H10F4N2O3/c18-9-5-6-12(19)13(7-9)22-14(24)8-23-15(25)10-3-1-2-4-11(10)17(20,21)16(23)26/h1-7H,8H2,(H,22,24). The number of amides is 3. The maximum atomic E-state index is 14.2. The van der Waals surface area contributed by atoms with E-state index in [9.17, 15) is 31.9 Å². The Morgan fingerprint density at radius 3 is 2.50 bits per heavy atom. The number of carbonyl (C=O) groups is 3. The molecule has 0 aromatic heterocycles. The summed E-state index contributed by atoms with van der Waals surface area (Å²) in [6.07, 6.45) is 0. The third-order valence-corrected chi connectivity index (χ3v) is 3.76. The molecule has 0 unspecified atom stereocenters. The van der Waals surface area contributed by atoms with E-state index >= 15 is 0 Å². The molecule has 0 aliphatic carbocycles. The van der Waals surface area contributed by atoms with Crippen molar-refractivity contribution in [2.24, 2.45) is 0 Å². The van der Waals surface area contributed by atoms with Crippen LogP contribution in [0.3, 0.4) is 0 Å². The van der Waals surface area contributed by atoms with Crippen molar-refractivity contribution in [3.8, 4) is 0 Å². The number of halogens is 4. The summed E-state index contributed by atoms with van der Waals surface area (Å²) >= 11 is 0. The van der Waals surface area contributed by atoms with E-state index in [-0.39, 0.29) is 4.90 Å². The van der Waals surface area contributed by atoms with Gasteiger partial charge in [0.15, 0.2) is 0 Å². The highest BCUT2D eigenvalue weighted by Gasteiger charge is 2.52. The van der Waals surface area contributed by atoms with Gasteiger partial charge < -0.3 is 5.32 Å². The van der Waals surface area contributed by atoms with Gasteiger partial charge in [-0.2, -0.15) is 8.78 Å². The quantitative estimate of drug-likeness (QED) is 0.671. The first-order valence-electron chi connectivity index (χ1n) is 7.30. The number of fused-ring (bicyclic) bond motifs is 1. The minimum atomic E-state index is -3.99. The molecule has 5 nitrogen and oxygen atoms in total. The van der Waals surface area contributed by atoms with Crippen LogP contribution in [0.4, 0.5) is 23.2 Å². The SMILES string of the molecule is O=C(CN1C(=O)c2ccccc2C(F)(F)C1=O)Nc1cc(F)ccc1F. The zero-order valence-corrected chi connectivity index (χ0v) is 12.9. The first kappa shape index (κ1) is 17.6. The molecule has 3 amide bonds. The minimum absolute atomic E-state index is 0.0782. The smallest absolute Gasteiger partial charge is 0.322 e. The van der Waals surface area contributed by atoms with E-state index in [4.69, 9.17) is 0 Å². The van der Waals surface area contributed by atoms with E-state index in [1.807, 2.05) is 5.32 Å². The molecule has 0 fully saturated rings. The summed E-state index contributed by atoms with van der Waals surface area (Å²) in [4.78, 5) is 36.3. The first-order chi connectivity index (χ1) is 12.2. The van der Waals surface area contributed by atoms with Gasteiger partial charge in [0.25, 0.3) is 5.91 Å². The van der Waals surface area contributed by atoms with Crippen molar-refractivity contribution >= 4 is 23.4 Å². The fourth-order valence-corrected chi connectivity index (χ4v) is 2.54. The Kier molecular flexibility index (Phi) is 4.23. The fraction of sp³-hybridized carbons (Fsp3) is 0.118. The number of carbonyl (C=O) groups excluding carboxylic acids is 3. The van der Waals surface area contributed by atoms with Gasteiger partial charge in [0.2, 0.25) is 5.91 Å². The molecule has 0 saturated carbocycles. The molecule has 0 spiro atoms. The van der Waals surface area contributed by atoms with Crippen LogP contribution in [0.2, 0.25) is 0 Å². The topological polar surface area (TPSA) is 66.5 Å². The molecule has 1 aliphatic rings. The Balaban J connectivity index is 1.86. The third-order valence-electron chi connectivity index (χ3n) is 3.76. The van der Waals surface area contributed by atoms with Crippen LogP contribution in [0.25, 0.3) is 0 Å². The Hall–Kier alpha value is -3.23. The second-order valence-corrected chi connectivity index (χ2v) is 5.49. The van der Waals surface area contributed by atoms with E-state index in [1.165, 1.54) is 12.1 Å². The number of nitrogens with one attached hydrogen (secondary N) is 1. The van der Waals surface area contributed by atoms with Gasteiger partial charge >= 0.3 is 11.8 Å². The lowest BCUT2D eigenvalue weighted by atomic mass is 9.95. The zero-order chi connectivity index (χ0) is 19.1. The maximum absolute atomic E-state index is 14.2. The molecule has 0 radical (unpaired) electrons. The van der Waals surface area contributed by atoms with Gasteiger partial charge in [0.05, 0.1) is 5.69 Å². The van der Waals surface area contributed by atoms with Gasteiger partial charge in [-0.25, -0.2) is 8.78 Å². The highest BCUT2D eigenvalue weighted by atomic mass is 19.3. The summed E-state index contributed by atoms with van der Waals surface area (Å²) < 4.78 is 55.1. The highest BCUT2D eigenvalue weighted by molar-refractivity contribution is 6.14. The van der Waals surface area contributed by atoms with Crippen molar-refractivity contribution in [1.82, 2.24) is 4.90 Å². The largest absolute Gasteiger partial charge is 0.351 e. The average molecular weight is 366 g/mol. The zero-order valence-electron chi connectivity index (χ0n) is 12.9. The molecule has 2 aromatic rings. The predicted octanol–water partition coefficient (Wildman–Crippen LogP) is 2.68. The normalized spacial score (nSPS) is 15.6. The van der Waals surface area contributed by atoms with Gasteiger partial charge in [-0.3, -0.25) is 19.3 Å². The molecule has 1 aliphatic heterocycles. The van der Waals surface area contributed by atoms with E-state index in [0.29, 0.717) is 6.07 Å². The molecule has 1 heterocycles. The lowest BCUT2D eigenvalue weighted by Gasteiger charge is -2.31. The number of imide groups is 1. The lowest BCUT2D eigenvalue weighted by Crippen LogP contribution is -2.52. The number of hydrogen-bond donors (Lipinski definition) is 1. The third kappa shape index (κ3) is 2.92. The van der Waals surface area contributed by atoms with Crippen LogP contribution in [0.5, 0.6) is 0 Å². The molecular formula is C17H10F4N2O3. The number of anilines is 1. The molecule has 134 valence electrons. The summed E-state index contributed by atoms with van der Waals surface area (Å²) in [6, 6.07) is 6.90. The molecule has 0 saturated heterocycles. The van der Waals surface area contributed by atoms with E-state index in [0.717, 1.165) is 24.3 Å². The first-order valence-corrected chi connectivity index (χ1v) is 7.30. The van der Waals surface area contributed by atoms with Crippen LogP contribution in [0.15, 0.2) is 42.5 Å². The highest BCUT2D eigenvalue weighted by Crippen LogP contribution is 2.37. The number of hydrogen-bond acceptors (Lipinski definition) is 3. The number of nitrogens with zero attached hydrogens (tertiary/aromatic N) is 1. The van der Waals surface area contributed by atoms with Crippen molar-refractivity contribution in [2.75, 3.05) is 11.9 Å². The Morgan fingerprint density at radius 2 is 1.77 bits per heavy atom. The molecule has 9 heteroatoms. The van der Waals surface area contributed by atoms with Gasteiger partial charge in [0.1, 0.15) is 18.2 Å². The molecule has 0 bridgehead atoms.